The maximum Gasteiger partial charge on any atom is 0.416 e. The number of aliphatic hydroxyl groups excluding tert-OH is 2. The molecule has 1 heterocycles. The molecule has 9 nitrogen and oxygen atoms in total. The molecule has 0 aliphatic carbocycles. The number of hydrogen-bond acceptors (Lipinski definition) is 7. The fraction of sp³-hybridized carbons (Fsp3) is 0.619. The number of ether oxygens (including phenoxy) is 1. The third-order valence-corrected chi connectivity index (χ3v) is 5.12. The van der Waals surface area contributed by atoms with Gasteiger partial charge < -0.3 is 30.5 Å². The summed E-state index contributed by atoms with van der Waals surface area (Å²) in [7, 11) is 1.65. The number of carboxylic acid groups (broad SMARTS) is 2. The molecule has 1 fully saturated rings. The zero-order chi connectivity index (χ0) is 25.0. The molecule has 2 unspecified atom stereocenters. The molecule has 33 heavy (non-hydrogen) atoms. The Bertz CT molecular complexity index is 725. The highest BCUT2D eigenvalue weighted by atomic mass is 19.4. The maximum atomic E-state index is 13.2. The lowest BCUT2D eigenvalue weighted by molar-refractivity contribution is -0.165. The van der Waals surface area contributed by atoms with Crippen LogP contribution in [-0.2, 0) is 27.0 Å². The first-order valence-corrected chi connectivity index (χ1v) is 10.4. The molecule has 0 spiro atoms. The van der Waals surface area contributed by atoms with Gasteiger partial charge >= 0.3 is 18.1 Å². The minimum atomic E-state index is -4.30. The number of nitrogens with zero attached hydrogens (tertiary/aromatic N) is 1. The highest BCUT2D eigenvalue weighted by molar-refractivity contribution is 5.83. The van der Waals surface area contributed by atoms with Gasteiger partial charge in [-0.3, -0.25) is 4.90 Å². The summed E-state index contributed by atoms with van der Waals surface area (Å²) in [6, 6.07) is 6.22. The van der Waals surface area contributed by atoms with Crippen molar-refractivity contribution >= 4 is 11.9 Å². The fourth-order valence-electron chi connectivity index (χ4n) is 3.40. The second kappa shape index (κ2) is 14.1. The quantitative estimate of drug-likeness (QED) is 0.312. The zero-order valence-electron chi connectivity index (χ0n) is 18.3. The monoisotopic (exact) mass is 480 g/mol. The van der Waals surface area contributed by atoms with Crippen molar-refractivity contribution in [1.82, 2.24) is 10.2 Å². The van der Waals surface area contributed by atoms with E-state index in [1.54, 1.807) is 19.2 Å². The number of carboxylic acids is 2. The molecule has 1 aromatic carbocycles. The lowest BCUT2D eigenvalue weighted by Crippen LogP contribution is -2.43. The summed E-state index contributed by atoms with van der Waals surface area (Å²) in [4.78, 5) is 21.7. The standard InChI is InChI=1S/C17H25F3N2O.C4H6O6/c1-23-12-4-11-22(15-7-9-21-10-8-15)13-14-5-2-3-6-16(14)17(18,19)20;5-1(3(7)8)2(6)4(9)10/h2-3,5-6,15,21H,4,7-13H2,1H3;1-2,5-6H,(H,7,8)(H,9,10). The molecule has 0 aromatic heterocycles. The van der Waals surface area contributed by atoms with E-state index >= 15 is 0 Å². The van der Waals surface area contributed by atoms with Crippen LogP contribution in [0.2, 0.25) is 0 Å². The van der Waals surface area contributed by atoms with Gasteiger partial charge in [-0.15, -0.1) is 0 Å². The first kappa shape index (κ1) is 28.8. The Morgan fingerprint density at radius 1 is 1.12 bits per heavy atom. The number of aliphatic hydroxyl groups is 2. The van der Waals surface area contributed by atoms with E-state index in [1.807, 2.05) is 0 Å². The van der Waals surface area contributed by atoms with E-state index in [-0.39, 0.29) is 0 Å². The van der Waals surface area contributed by atoms with Crippen LogP contribution >= 0.6 is 0 Å². The van der Waals surface area contributed by atoms with E-state index in [2.05, 4.69) is 10.2 Å². The van der Waals surface area contributed by atoms with Crippen LogP contribution < -0.4 is 5.32 Å². The minimum Gasteiger partial charge on any atom is -0.479 e. The number of rotatable bonds is 10. The van der Waals surface area contributed by atoms with Crippen LogP contribution in [0, 0.1) is 0 Å². The Morgan fingerprint density at radius 3 is 2.15 bits per heavy atom. The van der Waals surface area contributed by atoms with Gasteiger partial charge in [-0.05, 0) is 44.0 Å². The average Bonchev–Trinajstić information content (AvgIpc) is 2.78. The third kappa shape index (κ3) is 10.0. The maximum absolute atomic E-state index is 13.2. The number of methoxy groups -OCH3 is 1. The van der Waals surface area contributed by atoms with Crippen molar-refractivity contribution in [2.24, 2.45) is 0 Å². The van der Waals surface area contributed by atoms with Crippen LogP contribution in [0.4, 0.5) is 13.2 Å². The van der Waals surface area contributed by atoms with Crippen LogP contribution in [0.3, 0.4) is 0 Å². The summed E-state index contributed by atoms with van der Waals surface area (Å²) < 4.78 is 44.7. The largest absolute Gasteiger partial charge is 0.479 e. The van der Waals surface area contributed by atoms with Gasteiger partial charge in [-0.1, -0.05) is 18.2 Å². The number of benzene rings is 1. The van der Waals surface area contributed by atoms with Crippen LogP contribution in [0.5, 0.6) is 0 Å². The van der Waals surface area contributed by atoms with E-state index in [0.29, 0.717) is 24.8 Å². The lowest BCUT2D eigenvalue weighted by Gasteiger charge is -2.35. The highest BCUT2D eigenvalue weighted by Crippen LogP contribution is 2.33. The second-order valence-corrected chi connectivity index (χ2v) is 7.52. The Balaban J connectivity index is 0.000000461. The number of alkyl halides is 3. The van der Waals surface area contributed by atoms with Crippen molar-refractivity contribution < 1.29 is 47.9 Å². The molecule has 12 heteroatoms. The number of carbonyl (C=O) groups is 2. The van der Waals surface area contributed by atoms with Crippen molar-refractivity contribution in [3.05, 3.63) is 35.4 Å². The molecule has 0 amide bonds. The SMILES string of the molecule is COCCCN(Cc1ccccc1C(F)(F)F)C1CCNCC1.O=C(O)C(O)C(O)C(=O)O. The van der Waals surface area contributed by atoms with Crippen molar-refractivity contribution in [3.8, 4) is 0 Å². The molecule has 5 N–H and O–H groups in total. The number of nitrogens with one attached hydrogen (secondary N) is 1. The van der Waals surface area contributed by atoms with E-state index in [0.717, 1.165) is 38.9 Å². The predicted octanol–water partition coefficient (Wildman–Crippen LogP) is 1.17. The molecule has 1 aliphatic rings. The van der Waals surface area contributed by atoms with Crippen molar-refractivity contribution in [1.29, 1.82) is 0 Å². The Kier molecular flexibility index (Phi) is 12.3. The lowest BCUT2D eigenvalue weighted by atomic mass is 10.0. The van der Waals surface area contributed by atoms with E-state index in [1.165, 1.54) is 12.1 Å². The Hall–Kier alpha value is -2.25. The van der Waals surface area contributed by atoms with Crippen molar-refractivity contribution in [2.45, 2.75) is 50.2 Å². The molecule has 0 radical (unpaired) electrons. The van der Waals surface area contributed by atoms with Gasteiger partial charge in [0, 0.05) is 32.8 Å². The Labute approximate surface area is 189 Å². The molecule has 1 saturated heterocycles. The van der Waals surface area contributed by atoms with Gasteiger partial charge in [0.25, 0.3) is 0 Å². The van der Waals surface area contributed by atoms with Crippen molar-refractivity contribution in [3.63, 3.8) is 0 Å². The van der Waals surface area contributed by atoms with Crippen LogP contribution in [-0.4, -0.2) is 88.9 Å². The number of halogens is 3. The summed E-state index contributed by atoms with van der Waals surface area (Å²) in [5.41, 5.74) is -0.165. The zero-order valence-corrected chi connectivity index (χ0v) is 18.3. The summed E-state index contributed by atoms with van der Waals surface area (Å²) >= 11 is 0. The van der Waals surface area contributed by atoms with Gasteiger partial charge in [-0.25, -0.2) is 9.59 Å². The smallest absolute Gasteiger partial charge is 0.416 e. The van der Waals surface area contributed by atoms with Crippen molar-refractivity contribution in [2.75, 3.05) is 33.4 Å². The molecule has 0 saturated carbocycles. The van der Waals surface area contributed by atoms with E-state index < -0.39 is 35.9 Å². The van der Waals surface area contributed by atoms with Gasteiger partial charge in [0.2, 0.25) is 0 Å². The molecular weight excluding hydrogens is 449 g/mol. The topological polar surface area (TPSA) is 140 Å². The fourth-order valence-corrected chi connectivity index (χ4v) is 3.40. The summed E-state index contributed by atoms with van der Waals surface area (Å²) in [6.07, 6.45) is -6.06. The van der Waals surface area contributed by atoms with Gasteiger partial charge in [0.15, 0.2) is 12.2 Å². The third-order valence-electron chi connectivity index (χ3n) is 5.12. The number of hydrogen-bond donors (Lipinski definition) is 5. The predicted molar refractivity (Wildman–Crippen MR) is 112 cm³/mol. The van der Waals surface area contributed by atoms with Crippen LogP contribution in [0.25, 0.3) is 0 Å². The summed E-state index contributed by atoms with van der Waals surface area (Å²) in [5.74, 6) is -3.54. The summed E-state index contributed by atoms with van der Waals surface area (Å²) in [6.45, 7) is 3.57. The number of aliphatic carboxylic acids is 2. The van der Waals surface area contributed by atoms with Crippen LogP contribution in [0.15, 0.2) is 24.3 Å². The Morgan fingerprint density at radius 2 is 1.67 bits per heavy atom. The second-order valence-electron chi connectivity index (χ2n) is 7.52. The van der Waals surface area contributed by atoms with Gasteiger partial charge in [0.05, 0.1) is 5.56 Å². The van der Waals surface area contributed by atoms with E-state index in [9.17, 15) is 22.8 Å². The molecule has 1 aromatic rings. The normalized spacial score (nSPS) is 16.6. The molecule has 0 bridgehead atoms. The average molecular weight is 480 g/mol. The first-order chi connectivity index (χ1) is 15.5. The van der Waals surface area contributed by atoms with E-state index in [4.69, 9.17) is 25.2 Å². The number of piperidine rings is 1. The first-order valence-electron chi connectivity index (χ1n) is 10.4. The molecule has 188 valence electrons. The molecule has 1 aliphatic heterocycles. The highest BCUT2D eigenvalue weighted by Gasteiger charge is 2.34. The van der Waals surface area contributed by atoms with Gasteiger partial charge in [-0.2, -0.15) is 13.2 Å². The molecule has 2 rings (SSSR count). The molecule has 2 atom stereocenters. The summed E-state index contributed by atoms with van der Waals surface area (Å²) in [5, 5.41) is 35.8. The molecular formula is C21H31F3N2O7. The van der Waals surface area contributed by atoms with Crippen LogP contribution in [0.1, 0.15) is 30.4 Å². The minimum absolute atomic E-state index is 0.328. The van der Waals surface area contributed by atoms with Gasteiger partial charge in [0.1, 0.15) is 0 Å².